The van der Waals surface area contributed by atoms with E-state index in [0.717, 1.165) is 27.5 Å². The smallest absolute Gasteiger partial charge is 0.171 e. The van der Waals surface area contributed by atoms with Gasteiger partial charge in [0.1, 0.15) is 6.07 Å². The van der Waals surface area contributed by atoms with Crippen LogP contribution in [0.15, 0.2) is 64.8 Å². The molecular formula is C21H14N4S. The highest BCUT2D eigenvalue weighted by atomic mass is 32.2. The first kappa shape index (κ1) is 16.1. The highest BCUT2D eigenvalue weighted by Crippen LogP contribution is 2.30. The first-order valence-corrected chi connectivity index (χ1v) is 8.86. The molecule has 0 spiro atoms. The van der Waals surface area contributed by atoms with Gasteiger partial charge in [-0.2, -0.15) is 5.26 Å². The molecule has 0 atom stereocenters. The number of imidazole rings is 1. The number of rotatable bonds is 4. The second-order valence-corrected chi connectivity index (χ2v) is 6.75. The number of allylic oxidation sites excluding steroid dienone is 1. The van der Waals surface area contributed by atoms with Crippen LogP contribution in [0.1, 0.15) is 5.56 Å². The maximum atomic E-state index is 9.59. The summed E-state index contributed by atoms with van der Waals surface area (Å²) >= 11 is 1.32. The molecule has 5 heteroatoms. The van der Waals surface area contributed by atoms with Crippen LogP contribution >= 0.6 is 11.8 Å². The molecule has 0 fully saturated rings. The van der Waals surface area contributed by atoms with Crippen LogP contribution < -0.4 is 0 Å². The third-order valence-electron chi connectivity index (χ3n) is 4.05. The molecule has 0 amide bonds. The number of H-pyrrole nitrogens is 1. The number of hydrogen-bond acceptors (Lipinski definition) is 3. The van der Waals surface area contributed by atoms with Crippen LogP contribution in [0, 0.1) is 23.7 Å². The van der Waals surface area contributed by atoms with Gasteiger partial charge in [0.25, 0.3) is 0 Å². The zero-order valence-corrected chi connectivity index (χ0v) is 14.6. The number of nitrogens with one attached hydrogen (secondary N) is 1. The maximum Gasteiger partial charge on any atom is 0.171 e. The van der Waals surface area contributed by atoms with E-state index < -0.39 is 0 Å². The molecule has 0 unspecified atom stereocenters. The van der Waals surface area contributed by atoms with Crippen molar-refractivity contribution in [2.24, 2.45) is 0 Å². The summed E-state index contributed by atoms with van der Waals surface area (Å²) in [6.45, 7) is 0.493. The molecule has 2 aromatic heterocycles. The molecule has 0 radical (unpaired) electrons. The van der Waals surface area contributed by atoms with Gasteiger partial charge in [-0.15, -0.1) is 6.42 Å². The molecule has 4 aromatic rings. The van der Waals surface area contributed by atoms with E-state index in [9.17, 15) is 5.26 Å². The van der Waals surface area contributed by atoms with Crippen molar-refractivity contribution in [3.63, 3.8) is 0 Å². The lowest BCUT2D eigenvalue weighted by atomic mass is 10.1. The quantitative estimate of drug-likeness (QED) is 0.325. The molecule has 2 aromatic carbocycles. The number of benzene rings is 2. The van der Waals surface area contributed by atoms with E-state index in [0.29, 0.717) is 16.6 Å². The number of aromatic amines is 1. The van der Waals surface area contributed by atoms with Gasteiger partial charge >= 0.3 is 0 Å². The average molecular weight is 354 g/mol. The summed E-state index contributed by atoms with van der Waals surface area (Å²) in [5, 5.41) is 11.4. The lowest BCUT2D eigenvalue weighted by Crippen LogP contribution is -1.91. The number of aromatic nitrogens is 3. The van der Waals surface area contributed by atoms with Crippen LogP contribution in [0.3, 0.4) is 0 Å². The van der Waals surface area contributed by atoms with E-state index in [1.54, 1.807) is 0 Å². The first-order chi connectivity index (χ1) is 12.8. The number of fused-ring (bicyclic) bond motifs is 2. The molecule has 2 heterocycles. The van der Waals surface area contributed by atoms with Gasteiger partial charge < -0.3 is 9.55 Å². The Morgan fingerprint density at radius 3 is 2.85 bits per heavy atom. The molecule has 1 N–H and O–H groups in total. The van der Waals surface area contributed by atoms with Gasteiger partial charge in [-0.05, 0) is 36.0 Å². The largest absolute Gasteiger partial charge is 0.335 e. The van der Waals surface area contributed by atoms with E-state index >= 15 is 0 Å². The summed E-state index contributed by atoms with van der Waals surface area (Å²) in [5.74, 6) is 2.67. The summed E-state index contributed by atoms with van der Waals surface area (Å²) in [6, 6.07) is 18.1. The number of terminal acetylenes is 1. The normalized spacial score (nSPS) is 11.5. The van der Waals surface area contributed by atoms with E-state index in [1.165, 1.54) is 11.8 Å². The summed E-state index contributed by atoms with van der Waals surface area (Å²) in [6.07, 6.45) is 9.34. The van der Waals surface area contributed by atoms with Crippen molar-refractivity contribution in [3.05, 3.63) is 65.2 Å². The Balaban J connectivity index is 1.73. The second-order valence-electron chi connectivity index (χ2n) is 5.72. The van der Waals surface area contributed by atoms with Gasteiger partial charge in [0.05, 0.1) is 22.5 Å². The first-order valence-electron chi connectivity index (χ1n) is 8.04. The van der Waals surface area contributed by atoms with Crippen molar-refractivity contribution in [1.29, 1.82) is 5.26 Å². The second kappa shape index (κ2) is 6.84. The van der Waals surface area contributed by atoms with Crippen LogP contribution in [-0.2, 0) is 6.54 Å². The highest BCUT2D eigenvalue weighted by molar-refractivity contribution is 8.03. The summed E-state index contributed by atoms with van der Waals surface area (Å²) < 4.78 is 2.02. The maximum absolute atomic E-state index is 9.59. The molecule has 0 aliphatic carbocycles. The molecule has 0 saturated heterocycles. The fourth-order valence-electron chi connectivity index (χ4n) is 2.93. The van der Waals surface area contributed by atoms with E-state index in [4.69, 9.17) is 6.42 Å². The minimum Gasteiger partial charge on any atom is -0.335 e. The zero-order chi connectivity index (χ0) is 17.9. The van der Waals surface area contributed by atoms with Gasteiger partial charge in [-0.3, -0.25) is 0 Å². The molecule has 124 valence electrons. The molecule has 4 nitrogen and oxygen atoms in total. The lowest BCUT2D eigenvalue weighted by Gasteiger charge is -1.97. The fraction of sp³-hybridized carbons (Fsp3) is 0.0476. The number of para-hydroxylation sites is 3. The Morgan fingerprint density at radius 2 is 2.04 bits per heavy atom. The van der Waals surface area contributed by atoms with Crippen molar-refractivity contribution in [2.75, 3.05) is 0 Å². The zero-order valence-electron chi connectivity index (χ0n) is 13.8. The molecule has 0 saturated carbocycles. The van der Waals surface area contributed by atoms with Crippen LogP contribution in [-0.4, -0.2) is 14.5 Å². The summed E-state index contributed by atoms with van der Waals surface area (Å²) in [4.78, 5) is 8.32. The molecule has 26 heavy (non-hydrogen) atoms. The topological polar surface area (TPSA) is 57.4 Å². The van der Waals surface area contributed by atoms with Gasteiger partial charge in [-0.1, -0.05) is 36.3 Å². The van der Waals surface area contributed by atoms with Crippen LogP contribution in [0.25, 0.3) is 28.0 Å². The van der Waals surface area contributed by atoms with Gasteiger partial charge in [0.2, 0.25) is 0 Å². The Hall–Kier alpha value is -3.41. The van der Waals surface area contributed by atoms with Crippen LogP contribution in [0.2, 0.25) is 0 Å². The third kappa shape index (κ3) is 2.97. The predicted molar refractivity (Wildman–Crippen MR) is 106 cm³/mol. The summed E-state index contributed by atoms with van der Waals surface area (Å²) in [7, 11) is 0. The standard InChI is InChI=1S/C21H14N4S/c1-2-11-25-14-15(17-7-3-6-10-20(17)25)12-16(13-22)26-21-23-18-8-4-5-9-19(18)24-21/h1,3-10,12,14H,11H2,(H,23,24)/b16-12+. The van der Waals surface area contributed by atoms with Crippen molar-refractivity contribution >= 4 is 39.8 Å². The van der Waals surface area contributed by atoms with Crippen molar-refractivity contribution in [1.82, 2.24) is 14.5 Å². The molecule has 0 aliphatic rings. The predicted octanol–water partition coefficient (Wildman–Crippen LogP) is 4.81. The Morgan fingerprint density at radius 1 is 1.23 bits per heavy atom. The Bertz CT molecular complexity index is 1180. The summed E-state index contributed by atoms with van der Waals surface area (Å²) in [5.41, 5.74) is 3.87. The highest BCUT2D eigenvalue weighted by Gasteiger charge is 2.10. The monoisotopic (exact) mass is 354 g/mol. The van der Waals surface area contributed by atoms with Crippen LogP contribution in [0.5, 0.6) is 0 Å². The molecule has 0 bridgehead atoms. The van der Waals surface area contributed by atoms with Crippen molar-refractivity contribution < 1.29 is 0 Å². The number of hydrogen-bond donors (Lipinski definition) is 1. The van der Waals surface area contributed by atoms with Gasteiger partial charge in [0, 0.05) is 22.7 Å². The van der Waals surface area contributed by atoms with Gasteiger partial charge in [-0.25, -0.2) is 4.98 Å². The SMILES string of the molecule is C#CCn1cc(/C=C(\C#N)Sc2nc3ccccc3[nH]2)c2ccccc21. The van der Waals surface area contributed by atoms with Gasteiger partial charge in [0.15, 0.2) is 5.16 Å². The van der Waals surface area contributed by atoms with E-state index in [1.807, 2.05) is 65.4 Å². The third-order valence-corrected chi connectivity index (χ3v) is 4.87. The molecule has 4 rings (SSSR count). The number of thioether (sulfide) groups is 1. The number of nitrogens with zero attached hydrogens (tertiary/aromatic N) is 3. The lowest BCUT2D eigenvalue weighted by molar-refractivity contribution is 0.885. The Kier molecular flexibility index (Phi) is 4.23. The van der Waals surface area contributed by atoms with Crippen molar-refractivity contribution in [3.8, 4) is 18.4 Å². The Labute approximate surface area is 155 Å². The van der Waals surface area contributed by atoms with E-state index in [-0.39, 0.29) is 0 Å². The number of nitriles is 1. The fourth-order valence-corrected chi connectivity index (χ4v) is 3.67. The van der Waals surface area contributed by atoms with Crippen LogP contribution in [0.4, 0.5) is 0 Å². The minimum atomic E-state index is 0.493. The molecular weight excluding hydrogens is 340 g/mol. The molecule has 0 aliphatic heterocycles. The van der Waals surface area contributed by atoms with Crippen molar-refractivity contribution in [2.45, 2.75) is 11.7 Å². The van der Waals surface area contributed by atoms with E-state index in [2.05, 4.69) is 22.0 Å². The minimum absolute atomic E-state index is 0.493. The average Bonchev–Trinajstić information content (AvgIpc) is 3.23.